The third-order valence-electron chi connectivity index (χ3n) is 8.51. The van der Waals surface area contributed by atoms with Crippen LogP contribution in [0.25, 0.3) is 11.1 Å². The van der Waals surface area contributed by atoms with Crippen LogP contribution in [0.15, 0.2) is 78.0 Å². The number of carbonyl (C=O) groups excluding carboxylic acids is 3. The summed E-state index contributed by atoms with van der Waals surface area (Å²) in [4.78, 5) is 45.9. The Morgan fingerprint density at radius 1 is 0.980 bits per heavy atom. The molecule has 1 saturated heterocycles. The Balaban J connectivity index is 1.22. The second-order valence-electron chi connectivity index (χ2n) is 13.3. The number of alkyl carbamates (subject to hydrolysis) is 1. The van der Waals surface area contributed by atoms with Crippen molar-refractivity contribution in [3.05, 3.63) is 89.5 Å². The van der Waals surface area contributed by atoms with Gasteiger partial charge in [-0.2, -0.15) is 0 Å². The number of nitrogens with zero attached hydrogens (tertiary/aromatic N) is 2. The highest BCUT2D eigenvalue weighted by molar-refractivity contribution is 5.90. The average molecular weight is 671 g/mol. The van der Waals surface area contributed by atoms with Gasteiger partial charge in [0.05, 0.1) is 12.6 Å². The lowest BCUT2D eigenvalue weighted by molar-refractivity contribution is -0.148. The normalized spacial score (nSPS) is 16.4. The molecule has 1 fully saturated rings. The first-order chi connectivity index (χ1) is 23.5. The van der Waals surface area contributed by atoms with Gasteiger partial charge in [-0.15, -0.1) is 0 Å². The molecule has 1 aliphatic heterocycles. The van der Waals surface area contributed by atoms with E-state index in [1.807, 2.05) is 48.5 Å². The maximum absolute atomic E-state index is 13.3. The van der Waals surface area contributed by atoms with Crippen LogP contribution in [-0.2, 0) is 25.5 Å². The quantitative estimate of drug-likeness (QED) is 0.0729. The van der Waals surface area contributed by atoms with Gasteiger partial charge in [0.15, 0.2) is 5.84 Å². The number of rotatable bonds is 12. The SMILES string of the molecule is CCCCOc1ccc(C[C@H](NC(=O)OC(C)(C)C)/C(N)=N/OC(=O)[C@@H]2CCCN2C(=O)OCC2c3ccccc3-c3ccccc32)cc1. The highest BCUT2D eigenvalue weighted by atomic mass is 16.7. The van der Waals surface area contributed by atoms with Crippen molar-refractivity contribution in [2.45, 2.75) is 83.4 Å². The number of carbonyl (C=O) groups is 3. The van der Waals surface area contributed by atoms with E-state index in [0.29, 0.717) is 26.0 Å². The summed E-state index contributed by atoms with van der Waals surface area (Å²) in [6.45, 7) is 8.47. The summed E-state index contributed by atoms with van der Waals surface area (Å²) in [7, 11) is 0. The number of likely N-dealkylation sites (tertiary alicyclic amines) is 1. The van der Waals surface area contributed by atoms with Crippen molar-refractivity contribution in [1.29, 1.82) is 0 Å². The first-order valence-corrected chi connectivity index (χ1v) is 16.9. The van der Waals surface area contributed by atoms with Gasteiger partial charge >= 0.3 is 18.2 Å². The Bertz CT molecular complexity index is 1600. The zero-order valence-corrected chi connectivity index (χ0v) is 28.6. The van der Waals surface area contributed by atoms with Crippen molar-refractivity contribution in [2.75, 3.05) is 19.8 Å². The molecule has 5 rings (SSSR count). The molecule has 11 nitrogen and oxygen atoms in total. The summed E-state index contributed by atoms with van der Waals surface area (Å²) in [6.07, 6.45) is 1.95. The maximum Gasteiger partial charge on any atom is 0.410 e. The number of ether oxygens (including phenoxy) is 3. The van der Waals surface area contributed by atoms with Crippen LogP contribution in [0.4, 0.5) is 9.59 Å². The van der Waals surface area contributed by atoms with Crippen molar-refractivity contribution < 1.29 is 33.4 Å². The largest absolute Gasteiger partial charge is 0.494 e. The van der Waals surface area contributed by atoms with E-state index in [2.05, 4.69) is 41.7 Å². The molecule has 3 aromatic carbocycles. The second kappa shape index (κ2) is 15.9. The first-order valence-electron chi connectivity index (χ1n) is 16.9. The number of amidine groups is 1. The highest BCUT2D eigenvalue weighted by Gasteiger charge is 2.38. The van der Waals surface area contributed by atoms with Crippen LogP contribution in [0, 0.1) is 0 Å². The lowest BCUT2D eigenvalue weighted by atomic mass is 9.98. The summed E-state index contributed by atoms with van der Waals surface area (Å²) >= 11 is 0. The van der Waals surface area contributed by atoms with E-state index in [9.17, 15) is 14.4 Å². The molecule has 1 heterocycles. The zero-order chi connectivity index (χ0) is 35.0. The molecule has 2 amide bonds. The molecule has 260 valence electrons. The van der Waals surface area contributed by atoms with Gasteiger partial charge in [-0.3, -0.25) is 4.90 Å². The van der Waals surface area contributed by atoms with Crippen LogP contribution in [0.2, 0.25) is 0 Å². The predicted octanol–water partition coefficient (Wildman–Crippen LogP) is 6.53. The smallest absolute Gasteiger partial charge is 0.410 e. The molecule has 3 N–H and O–H groups in total. The molecule has 3 aromatic rings. The number of nitrogens with one attached hydrogen (secondary N) is 1. The summed E-state index contributed by atoms with van der Waals surface area (Å²) in [6, 6.07) is 21.9. The molecular formula is C38H46N4O7. The number of unbranched alkanes of at least 4 members (excludes halogenated alkanes) is 1. The van der Waals surface area contributed by atoms with E-state index in [0.717, 1.165) is 46.4 Å². The van der Waals surface area contributed by atoms with Gasteiger partial charge in [0, 0.05) is 18.9 Å². The van der Waals surface area contributed by atoms with Gasteiger partial charge < -0.3 is 30.1 Å². The molecule has 0 spiro atoms. The van der Waals surface area contributed by atoms with E-state index >= 15 is 0 Å². The van der Waals surface area contributed by atoms with E-state index in [-0.39, 0.29) is 24.8 Å². The minimum Gasteiger partial charge on any atom is -0.494 e. The minimum absolute atomic E-state index is 0.104. The van der Waals surface area contributed by atoms with Crippen molar-refractivity contribution in [1.82, 2.24) is 10.2 Å². The van der Waals surface area contributed by atoms with Crippen LogP contribution in [-0.4, -0.2) is 66.3 Å². The number of benzene rings is 3. The van der Waals surface area contributed by atoms with Crippen LogP contribution in [0.5, 0.6) is 5.75 Å². The lowest BCUT2D eigenvalue weighted by Gasteiger charge is -2.24. The molecule has 1 aliphatic carbocycles. The molecule has 11 heteroatoms. The molecule has 0 bridgehead atoms. The fraction of sp³-hybridized carbons (Fsp3) is 0.421. The van der Waals surface area contributed by atoms with Crippen molar-refractivity contribution >= 4 is 24.0 Å². The molecule has 0 aromatic heterocycles. The maximum atomic E-state index is 13.3. The molecule has 49 heavy (non-hydrogen) atoms. The fourth-order valence-corrected chi connectivity index (χ4v) is 6.10. The van der Waals surface area contributed by atoms with Gasteiger partial charge in [-0.1, -0.05) is 79.2 Å². The summed E-state index contributed by atoms with van der Waals surface area (Å²) in [5.41, 5.74) is 10.9. The topological polar surface area (TPSA) is 142 Å². The predicted molar refractivity (Wildman–Crippen MR) is 186 cm³/mol. The highest BCUT2D eigenvalue weighted by Crippen LogP contribution is 2.44. The number of fused-ring (bicyclic) bond motifs is 3. The summed E-state index contributed by atoms with van der Waals surface area (Å²) in [5.74, 6) is -0.235. The monoisotopic (exact) mass is 670 g/mol. The van der Waals surface area contributed by atoms with Gasteiger partial charge in [0.25, 0.3) is 0 Å². The summed E-state index contributed by atoms with van der Waals surface area (Å²) < 4.78 is 17.0. The standard InChI is InChI=1S/C38H46N4O7/c1-5-6-22-46-26-19-17-25(18-20-26)23-32(40-36(44)48-38(2,3)4)34(39)41-49-35(43)33-16-11-21-42(33)37(45)47-24-31-29-14-9-7-12-27(29)28-13-8-10-15-30(28)31/h7-10,12-15,17-20,31-33H,5-6,11,16,21-24H2,1-4H3,(H2,39,41)(H,40,44)/t32-,33-/m0/s1. The fourth-order valence-electron chi connectivity index (χ4n) is 6.10. The Labute approximate surface area is 287 Å². The van der Waals surface area contributed by atoms with Gasteiger partial charge in [0.2, 0.25) is 0 Å². The van der Waals surface area contributed by atoms with E-state index < -0.39 is 35.8 Å². The van der Waals surface area contributed by atoms with Crippen molar-refractivity contribution in [3.63, 3.8) is 0 Å². The zero-order valence-electron chi connectivity index (χ0n) is 28.6. The van der Waals surface area contributed by atoms with Gasteiger partial charge in [-0.25, -0.2) is 14.4 Å². The van der Waals surface area contributed by atoms with Crippen molar-refractivity contribution in [2.24, 2.45) is 10.9 Å². The number of hydrogen-bond donors (Lipinski definition) is 2. The number of hydrogen-bond acceptors (Lipinski definition) is 8. The Morgan fingerprint density at radius 3 is 2.27 bits per heavy atom. The minimum atomic E-state index is -0.885. The lowest BCUT2D eigenvalue weighted by Crippen LogP contribution is -2.48. The molecule has 0 radical (unpaired) electrons. The van der Waals surface area contributed by atoms with Gasteiger partial charge in [0.1, 0.15) is 24.0 Å². The van der Waals surface area contributed by atoms with Gasteiger partial charge in [-0.05, 0) is 80.0 Å². The number of amides is 2. The van der Waals surface area contributed by atoms with E-state index in [1.54, 1.807) is 20.8 Å². The Hall–Kier alpha value is -5.06. The second-order valence-corrected chi connectivity index (χ2v) is 13.3. The molecule has 2 atom stereocenters. The third kappa shape index (κ3) is 9.10. The average Bonchev–Trinajstić information content (AvgIpc) is 3.69. The van der Waals surface area contributed by atoms with Crippen molar-refractivity contribution in [3.8, 4) is 16.9 Å². The molecular weight excluding hydrogens is 624 g/mol. The Kier molecular flexibility index (Phi) is 11.4. The Morgan fingerprint density at radius 2 is 1.63 bits per heavy atom. The van der Waals surface area contributed by atoms with Crippen LogP contribution < -0.4 is 15.8 Å². The number of oxime groups is 1. The van der Waals surface area contributed by atoms with E-state index in [4.69, 9.17) is 24.8 Å². The van der Waals surface area contributed by atoms with Crippen LogP contribution >= 0.6 is 0 Å². The first kappa shape index (κ1) is 35.3. The van der Waals surface area contributed by atoms with E-state index in [1.165, 1.54) is 4.90 Å². The number of nitrogens with two attached hydrogens (primary N) is 1. The van der Waals surface area contributed by atoms with Crippen LogP contribution in [0.3, 0.4) is 0 Å². The molecule has 2 aliphatic rings. The molecule has 0 unspecified atom stereocenters. The molecule has 0 saturated carbocycles. The third-order valence-corrected chi connectivity index (χ3v) is 8.51. The van der Waals surface area contributed by atoms with Crippen LogP contribution in [0.1, 0.15) is 76.0 Å². The summed E-state index contributed by atoms with van der Waals surface area (Å²) in [5, 5.41) is 6.64.